The first-order chi connectivity index (χ1) is 21.1. The molecule has 1 aromatic heterocycles. The van der Waals surface area contributed by atoms with Crippen molar-refractivity contribution < 1.29 is 46.4 Å². The van der Waals surface area contributed by atoms with Crippen LogP contribution in [0.15, 0.2) is 52.6 Å². The maximum Gasteiger partial charge on any atom is 0.237 e. The summed E-state index contributed by atoms with van der Waals surface area (Å²) < 4.78 is 63.9. The molecule has 0 amide bonds. The average Bonchev–Trinajstić information content (AvgIpc) is 3.02. The fraction of sp³-hybridized carbons (Fsp3) is 0.267. The summed E-state index contributed by atoms with van der Waals surface area (Å²) in [6.45, 7) is 0. The van der Waals surface area contributed by atoms with E-state index in [1.165, 1.54) is 80.4 Å². The summed E-state index contributed by atoms with van der Waals surface area (Å²) in [6, 6.07) is 6.34. The number of benzene rings is 2. The SMILES string of the molecule is COc1cc(OC)c(/C=C/S(=O)(=O)Cc2cnc(OC)c(N/C=C/C(=O)c3cc(OC)c(OC)c(OC)c3Br)c2)c(OC)c1. The van der Waals surface area contributed by atoms with Crippen LogP contribution in [0.4, 0.5) is 5.69 Å². The molecule has 0 radical (unpaired) electrons. The Morgan fingerprint density at radius 2 is 1.48 bits per heavy atom. The van der Waals surface area contributed by atoms with Gasteiger partial charge in [0.25, 0.3) is 0 Å². The lowest BCUT2D eigenvalue weighted by atomic mass is 10.1. The van der Waals surface area contributed by atoms with Crippen molar-refractivity contribution in [1.82, 2.24) is 4.98 Å². The van der Waals surface area contributed by atoms with Crippen molar-refractivity contribution in [2.24, 2.45) is 0 Å². The number of nitrogens with one attached hydrogen (secondary N) is 1. The summed E-state index contributed by atoms with van der Waals surface area (Å²) in [7, 11) is 6.44. The van der Waals surface area contributed by atoms with Crippen molar-refractivity contribution in [3.63, 3.8) is 0 Å². The van der Waals surface area contributed by atoms with Crippen molar-refractivity contribution in [2.75, 3.05) is 55.1 Å². The molecule has 236 valence electrons. The molecule has 12 nitrogen and oxygen atoms in total. The Morgan fingerprint density at radius 3 is 2.02 bits per heavy atom. The quantitative estimate of drug-likeness (QED) is 0.163. The smallest absolute Gasteiger partial charge is 0.237 e. The number of pyridine rings is 1. The maximum atomic E-state index is 13.0. The molecule has 14 heteroatoms. The number of ketones is 1. The second-order valence-corrected chi connectivity index (χ2v) is 11.5. The molecule has 44 heavy (non-hydrogen) atoms. The van der Waals surface area contributed by atoms with E-state index in [0.29, 0.717) is 55.8 Å². The fourth-order valence-corrected chi connectivity index (χ4v) is 5.80. The highest BCUT2D eigenvalue weighted by molar-refractivity contribution is 9.10. The highest BCUT2D eigenvalue weighted by Gasteiger charge is 2.22. The molecule has 0 atom stereocenters. The third kappa shape index (κ3) is 7.94. The van der Waals surface area contributed by atoms with E-state index >= 15 is 0 Å². The van der Waals surface area contributed by atoms with Gasteiger partial charge in [-0.25, -0.2) is 13.4 Å². The molecule has 0 unspecified atom stereocenters. The number of nitrogens with zero attached hydrogens (tertiary/aromatic N) is 1. The van der Waals surface area contributed by atoms with Crippen LogP contribution in [0.3, 0.4) is 0 Å². The van der Waals surface area contributed by atoms with E-state index in [0.717, 1.165) is 5.41 Å². The second-order valence-electron chi connectivity index (χ2n) is 8.80. The van der Waals surface area contributed by atoms with Crippen molar-refractivity contribution >= 4 is 43.3 Å². The lowest BCUT2D eigenvalue weighted by molar-refractivity contribution is 0.104. The molecule has 2 aromatic carbocycles. The molecule has 0 saturated heterocycles. The van der Waals surface area contributed by atoms with E-state index in [4.69, 9.17) is 33.2 Å². The van der Waals surface area contributed by atoms with Crippen LogP contribution in [0.5, 0.6) is 40.4 Å². The molecule has 1 N–H and O–H groups in total. The maximum absolute atomic E-state index is 13.0. The van der Waals surface area contributed by atoms with E-state index in [2.05, 4.69) is 26.2 Å². The minimum atomic E-state index is -3.77. The number of anilines is 1. The Bertz CT molecular complexity index is 1650. The van der Waals surface area contributed by atoms with E-state index in [1.54, 1.807) is 18.2 Å². The number of carbonyl (C=O) groups is 1. The van der Waals surface area contributed by atoms with Gasteiger partial charge in [-0.3, -0.25) is 4.79 Å². The topological polar surface area (TPSA) is 141 Å². The van der Waals surface area contributed by atoms with Gasteiger partial charge in [-0.15, -0.1) is 0 Å². The van der Waals surface area contributed by atoms with Crippen LogP contribution in [0.2, 0.25) is 0 Å². The van der Waals surface area contributed by atoms with Gasteiger partial charge in [0.2, 0.25) is 11.6 Å². The number of aromatic nitrogens is 1. The van der Waals surface area contributed by atoms with Crippen LogP contribution in [0.1, 0.15) is 21.5 Å². The molecule has 0 aliphatic rings. The Balaban J connectivity index is 1.84. The summed E-state index contributed by atoms with van der Waals surface area (Å²) in [5.74, 6) is 1.65. The van der Waals surface area contributed by atoms with E-state index in [9.17, 15) is 13.2 Å². The number of sulfone groups is 1. The van der Waals surface area contributed by atoms with Crippen LogP contribution >= 0.6 is 15.9 Å². The van der Waals surface area contributed by atoms with Gasteiger partial charge >= 0.3 is 0 Å². The first kappa shape index (κ1) is 34.1. The summed E-state index contributed by atoms with van der Waals surface area (Å²) in [4.78, 5) is 17.3. The number of methoxy groups -OCH3 is 7. The van der Waals surface area contributed by atoms with Gasteiger partial charge in [-0.2, -0.15) is 0 Å². The molecular weight excluding hydrogens is 660 g/mol. The van der Waals surface area contributed by atoms with Gasteiger partial charge in [0, 0.05) is 41.6 Å². The van der Waals surface area contributed by atoms with Gasteiger partial charge in [0.05, 0.1) is 65.6 Å². The number of ether oxygens (including phenoxy) is 7. The molecule has 0 fully saturated rings. The monoisotopic (exact) mass is 692 g/mol. The average molecular weight is 694 g/mol. The van der Waals surface area contributed by atoms with Crippen LogP contribution in [0.25, 0.3) is 6.08 Å². The lowest BCUT2D eigenvalue weighted by Crippen LogP contribution is -2.05. The molecule has 3 aromatic rings. The van der Waals surface area contributed by atoms with Gasteiger partial charge in [-0.1, -0.05) is 0 Å². The first-order valence-corrected chi connectivity index (χ1v) is 15.3. The summed E-state index contributed by atoms with van der Waals surface area (Å²) in [5.41, 5.74) is 1.41. The predicted molar refractivity (Wildman–Crippen MR) is 169 cm³/mol. The molecular formula is C30H33BrN2O10S. The molecule has 0 aliphatic heterocycles. The highest BCUT2D eigenvalue weighted by atomic mass is 79.9. The molecule has 0 saturated carbocycles. The summed E-state index contributed by atoms with van der Waals surface area (Å²) in [5, 5.41) is 4.01. The minimum Gasteiger partial charge on any atom is -0.496 e. The molecule has 0 spiro atoms. The van der Waals surface area contributed by atoms with Gasteiger partial charge in [0.1, 0.15) is 22.9 Å². The van der Waals surface area contributed by atoms with Gasteiger partial charge in [0.15, 0.2) is 27.1 Å². The summed E-state index contributed by atoms with van der Waals surface area (Å²) >= 11 is 3.40. The first-order valence-electron chi connectivity index (χ1n) is 12.8. The van der Waals surface area contributed by atoms with E-state index in [-0.39, 0.29) is 23.0 Å². The second kappa shape index (κ2) is 15.3. The Morgan fingerprint density at radius 1 is 0.841 bits per heavy atom. The Labute approximate surface area is 264 Å². The van der Waals surface area contributed by atoms with Crippen LogP contribution in [0, 0.1) is 0 Å². The van der Waals surface area contributed by atoms with Crippen molar-refractivity contribution in [3.8, 4) is 40.4 Å². The zero-order valence-electron chi connectivity index (χ0n) is 25.2. The number of allylic oxidation sites excluding steroid dienone is 1. The third-order valence-corrected chi connectivity index (χ3v) is 8.25. The van der Waals surface area contributed by atoms with Gasteiger partial charge in [-0.05, 0) is 39.7 Å². The van der Waals surface area contributed by atoms with Crippen LogP contribution in [-0.2, 0) is 15.6 Å². The predicted octanol–water partition coefficient (Wildman–Crippen LogP) is 5.30. The Kier molecular flexibility index (Phi) is 11.9. The number of rotatable bonds is 15. The normalized spacial score (nSPS) is 11.4. The number of hydrogen-bond acceptors (Lipinski definition) is 12. The lowest BCUT2D eigenvalue weighted by Gasteiger charge is -2.15. The largest absolute Gasteiger partial charge is 0.496 e. The van der Waals surface area contributed by atoms with E-state index in [1.807, 2.05) is 0 Å². The van der Waals surface area contributed by atoms with Gasteiger partial charge < -0.3 is 38.5 Å². The van der Waals surface area contributed by atoms with Crippen molar-refractivity contribution in [2.45, 2.75) is 5.75 Å². The third-order valence-electron chi connectivity index (χ3n) is 6.17. The summed E-state index contributed by atoms with van der Waals surface area (Å²) in [6.07, 6.45) is 5.47. The number of halogens is 1. The molecule has 1 heterocycles. The zero-order chi connectivity index (χ0) is 32.4. The van der Waals surface area contributed by atoms with Crippen molar-refractivity contribution in [3.05, 3.63) is 69.3 Å². The standard InChI is InChI=1S/C30H33BrN2O10S/c1-37-19-13-24(38-2)20(25(14-19)39-3)9-11-44(35,36)17-18-12-22(30(43-7)33-16-18)32-10-8-23(34)21-15-26(40-4)28(41-5)29(42-6)27(21)31/h8-16,32H,17H2,1-7H3/b10-8+,11-9+. The molecule has 0 aliphatic carbocycles. The Hall–Kier alpha value is -4.43. The fourth-order valence-electron chi connectivity index (χ4n) is 4.09. The van der Waals surface area contributed by atoms with Crippen LogP contribution < -0.4 is 38.5 Å². The number of hydrogen-bond donors (Lipinski definition) is 1. The van der Waals surface area contributed by atoms with E-state index < -0.39 is 9.84 Å². The zero-order valence-corrected chi connectivity index (χ0v) is 27.6. The van der Waals surface area contributed by atoms with Crippen molar-refractivity contribution in [1.29, 1.82) is 0 Å². The molecule has 3 rings (SSSR count). The molecule has 0 bridgehead atoms. The number of carbonyl (C=O) groups excluding carboxylic acids is 1. The minimum absolute atomic E-state index is 0.195. The van der Waals surface area contributed by atoms with Crippen LogP contribution in [-0.4, -0.2) is 69.0 Å². The highest BCUT2D eigenvalue weighted by Crippen LogP contribution is 2.45.